The molecule has 0 aromatic heterocycles. The van der Waals surface area contributed by atoms with Crippen molar-refractivity contribution in [3.8, 4) is 0 Å². The highest BCUT2D eigenvalue weighted by Crippen LogP contribution is 2.30. The van der Waals surface area contributed by atoms with Crippen LogP contribution in [0.1, 0.15) is 16.7 Å². The Morgan fingerprint density at radius 2 is 1.96 bits per heavy atom. The Bertz CT molecular complexity index is 888. The van der Waals surface area contributed by atoms with E-state index in [9.17, 15) is 9.59 Å². The molecular formula is C19H17N3O4. The molecule has 0 bridgehead atoms. The molecule has 1 aliphatic heterocycles. The summed E-state index contributed by atoms with van der Waals surface area (Å²) in [5.41, 5.74) is 5.08. The predicted octanol–water partition coefficient (Wildman–Crippen LogP) is 2.10. The first kappa shape index (κ1) is 17.4. The van der Waals surface area contributed by atoms with Gasteiger partial charge in [-0.3, -0.25) is 14.8 Å². The van der Waals surface area contributed by atoms with Gasteiger partial charge in [0, 0.05) is 11.6 Å². The lowest BCUT2D eigenvalue weighted by atomic mass is 10.1. The predicted molar refractivity (Wildman–Crippen MR) is 96.6 cm³/mol. The molecule has 7 nitrogen and oxygen atoms in total. The first-order chi connectivity index (χ1) is 12.6. The summed E-state index contributed by atoms with van der Waals surface area (Å²) in [4.78, 5) is 30.1. The van der Waals surface area contributed by atoms with Crippen LogP contribution in [0.5, 0.6) is 0 Å². The zero-order valence-electron chi connectivity index (χ0n) is 14.0. The number of oxime groups is 1. The summed E-state index contributed by atoms with van der Waals surface area (Å²) in [5, 5.41) is 12.3. The van der Waals surface area contributed by atoms with E-state index in [2.05, 4.69) is 5.16 Å². The number of anilines is 1. The number of benzene rings is 2. The van der Waals surface area contributed by atoms with E-state index < -0.39 is 5.91 Å². The maximum absolute atomic E-state index is 12.7. The zero-order chi connectivity index (χ0) is 18.5. The van der Waals surface area contributed by atoms with Gasteiger partial charge in [0.1, 0.15) is 7.11 Å². The number of hydrogen-bond donors (Lipinski definition) is 2. The number of fused-ring (bicyclic) bond motifs is 1. The number of carbonyl (C=O) groups is 2. The highest BCUT2D eigenvalue weighted by molar-refractivity contribution is 6.54. The quantitative estimate of drug-likeness (QED) is 0.490. The average Bonchev–Trinajstić information content (AvgIpc) is 2.93. The minimum Gasteiger partial charge on any atom is -0.398 e. The van der Waals surface area contributed by atoms with Crippen molar-refractivity contribution in [3.63, 3.8) is 0 Å². The molecule has 0 fully saturated rings. The maximum atomic E-state index is 12.7. The lowest BCUT2D eigenvalue weighted by Gasteiger charge is -2.17. The van der Waals surface area contributed by atoms with Crippen LogP contribution in [0, 0.1) is 0 Å². The molecule has 26 heavy (non-hydrogen) atoms. The monoisotopic (exact) mass is 351 g/mol. The smallest absolute Gasteiger partial charge is 0.281 e. The number of para-hydroxylation sites is 1. The molecule has 0 saturated heterocycles. The van der Waals surface area contributed by atoms with Crippen LogP contribution in [0.4, 0.5) is 5.69 Å². The first-order valence-electron chi connectivity index (χ1n) is 7.87. The van der Waals surface area contributed by atoms with Crippen molar-refractivity contribution >= 4 is 29.3 Å². The van der Waals surface area contributed by atoms with E-state index in [1.165, 1.54) is 18.7 Å². The Labute approximate surface area is 150 Å². The summed E-state index contributed by atoms with van der Waals surface area (Å²) in [6.07, 6.45) is 2.80. The van der Waals surface area contributed by atoms with E-state index in [-0.39, 0.29) is 11.6 Å². The summed E-state index contributed by atoms with van der Waals surface area (Å²) in [5.74, 6) is -0.810. The fourth-order valence-corrected chi connectivity index (χ4v) is 2.72. The molecule has 0 unspecified atom stereocenters. The number of hydrogen-bond acceptors (Lipinski definition) is 5. The third kappa shape index (κ3) is 3.47. The molecule has 7 heteroatoms. The van der Waals surface area contributed by atoms with E-state index in [1.807, 2.05) is 48.5 Å². The number of nitrogens with one attached hydrogen (secondary N) is 1. The molecule has 2 amide bonds. The molecule has 1 heterocycles. The molecule has 0 radical (unpaired) electrons. The van der Waals surface area contributed by atoms with E-state index in [1.54, 1.807) is 11.0 Å². The lowest BCUT2D eigenvalue weighted by molar-refractivity contribution is -0.124. The molecule has 0 saturated carbocycles. The van der Waals surface area contributed by atoms with Gasteiger partial charge in [-0.05, 0) is 23.3 Å². The van der Waals surface area contributed by atoms with E-state index in [0.717, 1.165) is 22.4 Å². The van der Waals surface area contributed by atoms with Crippen molar-refractivity contribution in [2.24, 2.45) is 5.16 Å². The fraction of sp³-hybridized carbons (Fsp3) is 0.105. The van der Waals surface area contributed by atoms with E-state index >= 15 is 0 Å². The van der Waals surface area contributed by atoms with Crippen LogP contribution in [0.2, 0.25) is 0 Å². The highest BCUT2D eigenvalue weighted by Gasteiger charge is 2.34. The second-order valence-electron chi connectivity index (χ2n) is 5.58. The Balaban J connectivity index is 1.81. The van der Waals surface area contributed by atoms with Gasteiger partial charge in [-0.1, -0.05) is 47.6 Å². The van der Waals surface area contributed by atoms with Crippen LogP contribution in [-0.2, 0) is 21.0 Å². The van der Waals surface area contributed by atoms with Gasteiger partial charge in [-0.15, -0.1) is 0 Å². The highest BCUT2D eigenvalue weighted by atomic mass is 16.6. The van der Waals surface area contributed by atoms with Gasteiger partial charge in [0.2, 0.25) is 0 Å². The molecule has 0 spiro atoms. The van der Waals surface area contributed by atoms with Crippen molar-refractivity contribution in [2.45, 2.75) is 6.54 Å². The van der Waals surface area contributed by atoms with Gasteiger partial charge in [-0.2, -0.15) is 0 Å². The van der Waals surface area contributed by atoms with Crippen LogP contribution in [-0.4, -0.2) is 29.8 Å². The lowest BCUT2D eigenvalue weighted by Crippen LogP contribution is -2.29. The Hall–Kier alpha value is -3.45. The van der Waals surface area contributed by atoms with Crippen molar-refractivity contribution < 1.29 is 19.6 Å². The summed E-state index contributed by atoms with van der Waals surface area (Å²) in [7, 11) is 1.41. The Kier molecular flexibility index (Phi) is 5.09. The number of hydroxylamine groups is 1. The molecule has 0 aliphatic carbocycles. The van der Waals surface area contributed by atoms with Crippen molar-refractivity contribution in [1.29, 1.82) is 0 Å². The number of carbonyl (C=O) groups excluding carboxylic acids is 2. The normalized spacial score (nSPS) is 14.8. The molecule has 0 atom stereocenters. The third-order valence-corrected chi connectivity index (χ3v) is 3.94. The molecule has 2 N–H and O–H groups in total. The van der Waals surface area contributed by atoms with Gasteiger partial charge >= 0.3 is 0 Å². The van der Waals surface area contributed by atoms with Crippen LogP contribution >= 0.6 is 0 Å². The van der Waals surface area contributed by atoms with Crippen molar-refractivity contribution in [1.82, 2.24) is 5.48 Å². The third-order valence-electron chi connectivity index (χ3n) is 3.94. The summed E-state index contributed by atoms with van der Waals surface area (Å²) in [6.45, 7) is 0.389. The van der Waals surface area contributed by atoms with Crippen LogP contribution < -0.4 is 10.4 Å². The molecule has 1 aliphatic rings. The largest absolute Gasteiger partial charge is 0.398 e. The molecule has 2 aromatic carbocycles. The van der Waals surface area contributed by atoms with Crippen LogP contribution in [0.3, 0.4) is 0 Å². The minimum absolute atomic E-state index is 0.211. The summed E-state index contributed by atoms with van der Waals surface area (Å²) < 4.78 is 0. The van der Waals surface area contributed by atoms with Gasteiger partial charge in [0.15, 0.2) is 5.71 Å². The maximum Gasteiger partial charge on any atom is 0.281 e. The van der Waals surface area contributed by atoms with Gasteiger partial charge in [0.25, 0.3) is 11.8 Å². The average molecular weight is 351 g/mol. The number of rotatable bonds is 5. The standard InChI is InChI=1S/C19H17N3O4/c1-26-21-18-15-4-2-3-5-16(15)22(19(18)24)12-14-8-6-13(7-9-14)10-11-17(23)20-25/h2-11,25H,12H2,1H3,(H,20,23)/b11-10+,21-18-. The van der Waals surface area contributed by atoms with Crippen molar-refractivity contribution in [2.75, 3.05) is 12.0 Å². The Morgan fingerprint density at radius 1 is 1.23 bits per heavy atom. The van der Waals surface area contributed by atoms with Gasteiger partial charge in [-0.25, -0.2) is 5.48 Å². The number of nitrogens with zero attached hydrogens (tertiary/aromatic N) is 2. The second-order valence-corrected chi connectivity index (χ2v) is 5.58. The first-order valence-corrected chi connectivity index (χ1v) is 7.87. The minimum atomic E-state index is -0.599. The molecule has 3 rings (SSSR count). The molecule has 2 aromatic rings. The second kappa shape index (κ2) is 7.62. The molecule has 132 valence electrons. The SMILES string of the molecule is CO/N=C1\C(=O)N(Cc2ccc(/C=C/C(=O)NO)cc2)c2ccccc21. The topological polar surface area (TPSA) is 91.2 Å². The Morgan fingerprint density at radius 3 is 2.65 bits per heavy atom. The van der Waals surface area contributed by atoms with Gasteiger partial charge < -0.3 is 9.74 Å². The van der Waals surface area contributed by atoms with E-state index in [4.69, 9.17) is 10.0 Å². The van der Waals surface area contributed by atoms with Crippen LogP contribution in [0.25, 0.3) is 6.08 Å². The fourth-order valence-electron chi connectivity index (χ4n) is 2.72. The zero-order valence-corrected chi connectivity index (χ0v) is 14.0. The van der Waals surface area contributed by atoms with Crippen molar-refractivity contribution in [3.05, 3.63) is 71.3 Å². The van der Waals surface area contributed by atoms with Crippen LogP contribution in [0.15, 0.2) is 59.8 Å². The molecular weight excluding hydrogens is 334 g/mol. The number of amides is 2. The summed E-state index contributed by atoms with van der Waals surface area (Å²) in [6, 6.07) is 14.8. The van der Waals surface area contributed by atoms with E-state index in [0.29, 0.717) is 6.54 Å². The van der Waals surface area contributed by atoms with Gasteiger partial charge in [0.05, 0.1) is 12.2 Å². The summed E-state index contributed by atoms with van der Waals surface area (Å²) >= 11 is 0.